The predicted molar refractivity (Wildman–Crippen MR) is 90.0 cm³/mol. The molecule has 1 atom stereocenters. The van der Waals surface area contributed by atoms with Crippen LogP contribution >= 0.6 is 0 Å². The fourth-order valence-corrected chi connectivity index (χ4v) is 2.95. The molecule has 24 heavy (non-hydrogen) atoms. The van der Waals surface area contributed by atoms with E-state index in [4.69, 9.17) is 4.74 Å². The zero-order valence-corrected chi connectivity index (χ0v) is 14.1. The molecule has 6 heteroatoms. The molecular weight excluding hydrogens is 306 g/mol. The summed E-state index contributed by atoms with van der Waals surface area (Å²) in [5, 5.41) is 4.15. The summed E-state index contributed by atoms with van der Waals surface area (Å²) in [7, 11) is 0. The van der Waals surface area contributed by atoms with Crippen molar-refractivity contribution in [3.05, 3.63) is 47.8 Å². The highest BCUT2D eigenvalue weighted by atomic mass is 16.5. The second-order valence-corrected chi connectivity index (χ2v) is 6.30. The normalized spacial score (nSPS) is 16.3. The first-order chi connectivity index (χ1) is 11.5. The molecule has 3 rings (SSSR count). The molecule has 0 saturated heterocycles. The number of fused-ring (bicyclic) bond motifs is 1. The van der Waals surface area contributed by atoms with Crippen molar-refractivity contribution in [3.8, 4) is 0 Å². The van der Waals surface area contributed by atoms with Crippen LogP contribution in [0.3, 0.4) is 0 Å². The van der Waals surface area contributed by atoms with Gasteiger partial charge in [0.25, 0.3) is 5.91 Å². The Kier molecular flexibility index (Phi) is 4.38. The van der Waals surface area contributed by atoms with Gasteiger partial charge in [0.05, 0.1) is 0 Å². The number of anilines is 1. The fourth-order valence-electron chi connectivity index (χ4n) is 2.95. The van der Waals surface area contributed by atoms with Gasteiger partial charge in [0.15, 0.2) is 12.3 Å². The Bertz CT molecular complexity index is 766. The number of amides is 1. The molecule has 1 amide bonds. The monoisotopic (exact) mass is 327 g/mol. The molecule has 0 N–H and O–H groups in total. The van der Waals surface area contributed by atoms with E-state index in [1.807, 2.05) is 45.0 Å². The largest absolute Gasteiger partial charge is 0.451 e. The lowest BCUT2D eigenvalue weighted by Crippen LogP contribution is -2.38. The van der Waals surface area contributed by atoms with Gasteiger partial charge in [-0.25, -0.2) is 4.79 Å². The number of hydrogen-bond donors (Lipinski definition) is 0. The number of hydrogen-bond acceptors (Lipinski definition) is 4. The number of aromatic nitrogens is 2. The van der Waals surface area contributed by atoms with E-state index in [-0.39, 0.29) is 30.3 Å². The first-order valence-electron chi connectivity index (χ1n) is 8.09. The molecule has 1 aliphatic rings. The van der Waals surface area contributed by atoms with E-state index >= 15 is 0 Å². The lowest BCUT2D eigenvalue weighted by Gasteiger charge is -2.22. The maximum absolute atomic E-state index is 12.5. The number of benzene rings is 1. The minimum atomic E-state index is -0.581. The minimum Gasteiger partial charge on any atom is -0.451 e. The average molecular weight is 327 g/mol. The van der Waals surface area contributed by atoms with Crippen LogP contribution in [0.5, 0.6) is 0 Å². The van der Waals surface area contributed by atoms with Crippen molar-refractivity contribution in [3.63, 3.8) is 0 Å². The van der Waals surface area contributed by atoms with Crippen molar-refractivity contribution in [1.29, 1.82) is 0 Å². The molecule has 2 heterocycles. The summed E-state index contributed by atoms with van der Waals surface area (Å²) < 4.78 is 6.83. The topological polar surface area (TPSA) is 64.4 Å². The van der Waals surface area contributed by atoms with Crippen molar-refractivity contribution >= 4 is 17.6 Å². The van der Waals surface area contributed by atoms with Gasteiger partial charge in [0, 0.05) is 24.0 Å². The Morgan fingerprint density at radius 1 is 1.29 bits per heavy atom. The molecule has 1 aliphatic heterocycles. The Hall–Kier alpha value is -2.63. The highest BCUT2D eigenvalue weighted by molar-refractivity contribution is 5.98. The van der Waals surface area contributed by atoms with Crippen molar-refractivity contribution in [1.82, 2.24) is 9.78 Å². The number of esters is 1. The molecule has 1 aromatic carbocycles. The summed E-state index contributed by atoms with van der Waals surface area (Å²) in [5.74, 6) is -0.799. The summed E-state index contributed by atoms with van der Waals surface area (Å²) in [5.41, 5.74) is 2.25. The summed E-state index contributed by atoms with van der Waals surface area (Å²) in [6.45, 7) is 5.64. The maximum Gasteiger partial charge on any atom is 0.359 e. The highest BCUT2D eigenvalue weighted by Crippen LogP contribution is 2.31. The predicted octanol–water partition coefficient (Wildman–Crippen LogP) is 2.60. The number of rotatable bonds is 4. The first kappa shape index (κ1) is 16.2. The van der Waals surface area contributed by atoms with Gasteiger partial charge in [-0.15, -0.1) is 0 Å². The smallest absolute Gasteiger partial charge is 0.359 e. The second kappa shape index (κ2) is 6.47. The van der Waals surface area contributed by atoms with Crippen molar-refractivity contribution in [2.24, 2.45) is 0 Å². The minimum absolute atomic E-state index is 0.0637. The molecule has 0 spiro atoms. The third-order valence-corrected chi connectivity index (χ3v) is 4.15. The van der Waals surface area contributed by atoms with Crippen LogP contribution in [0, 0.1) is 0 Å². The SMILES string of the molecule is CC1Cc2ccccc2N1C(=O)COC(=O)c1ccn(C(C)C)n1. The Morgan fingerprint density at radius 3 is 2.75 bits per heavy atom. The van der Waals surface area contributed by atoms with E-state index in [2.05, 4.69) is 5.10 Å². The fraction of sp³-hybridized carbons (Fsp3) is 0.389. The van der Waals surface area contributed by atoms with Crippen LogP contribution in [0.2, 0.25) is 0 Å². The number of carbonyl (C=O) groups excluding carboxylic acids is 2. The lowest BCUT2D eigenvalue weighted by atomic mass is 10.1. The maximum atomic E-state index is 12.5. The molecule has 1 aromatic heterocycles. The molecule has 0 radical (unpaired) electrons. The first-order valence-corrected chi connectivity index (χ1v) is 8.09. The van der Waals surface area contributed by atoms with Gasteiger partial charge in [-0.05, 0) is 44.9 Å². The molecule has 0 fully saturated rings. The summed E-state index contributed by atoms with van der Waals surface area (Å²) in [6.07, 6.45) is 2.54. The van der Waals surface area contributed by atoms with Gasteiger partial charge >= 0.3 is 5.97 Å². The molecule has 6 nitrogen and oxygen atoms in total. The average Bonchev–Trinajstić information content (AvgIpc) is 3.16. The zero-order chi connectivity index (χ0) is 17.3. The van der Waals surface area contributed by atoms with Crippen molar-refractivity contribution in [2.75, 3.05) is 11.5 Å². The zero-order valence-electron chi connectivity index (χ0n) is 14.1. The van der Waals surface area contributed by atoms with E-state index < -0.39 is 5.97 Å². The van der Waals surface area contributed by atoms with E-state index in [0.29, 0.717) is 0 Å². The molecule has 2 aromatic rings. The summed E-state index contributed by atoms with van der Waals surface area (Å²) >= 11 is 0. The molecule has 0 saturated carbocycles. The Balaban J connectivity index is 1.64. The lowest BCUT2D eigenvalue weighted by molar-refractivity contribution is -0.122. The number of ether oxygens (including phenoxy) is 1. The highest BCUT2D eigenvalue weighted by Gasteiger charge is 2.31. The number of carbonyl (C=O) groups is 2. The molecular formula is C18H21N3O3. The van der Waals surface area contributed by atoms with Gasteiger partial charge in [0.1, 0.15) is 0 Å². The van der Waals surface area contributed by atoms with Crippen LogP contribution in [-0.2, 0) is 16.0 Å². The van der Waals surface area contributed by atoms with E-state index in [1.54, 1.807) is 21.8 Å². The van der Waals surface area contributed by atoms with Crippen LogP contribution in [0.15, 0.2) is 36.5 Å². The number of nitrogens with zero attached hydrogens (tertiary/aromatic N) is 3. The molecule has 0 aliphatic carbocycles. The quantitative estimate of drug-likeness (QED) is 0.810. The third kappa shape index (κ3) is 3.04. The molecule has 126 valence electrons. The molecule has 1 unspecified atom stereocenters. The molecule has 0 bridgehead atoms. The van der Waals surface area contributed by atoms with Gasteiger partial charge in [-0.1, -0.05) is 18.2 Å². The van der Waals surface area contributed by atoms with E-state index in [0.717, 1.165) is 17.7 Å². The second-order valence-electron chi connectivity index (χ2n) is 6.30. The van der Waals surface area contributed by atoms with Crippen LogP contribution in [-0.4, -0.2) is 34.3 Å². The van der Waals surface area contributed by atoms with Crippen LogP contribution < -0.4 is 4.90 Å². The number of para-hydroxylation sites is 1. The standard InChI is InChI=1S/C18H21N3O3/c1-12(2)20-9-8-15(19-20)18(23)24-11-17(22)21-13(3)10-14-6-4-5-7-16(14)21/h4-9,12-13H,10-11H2,1-3H3. The Morgan fingerprint density at radius 2 is 2.04 bits per heavy atom. The van der Waals surface area contributed by atoms with E-state index in [1.165, 1.54) is 0 Å². The summed E-state index contributed by atoms with van der Waals surface area (Å²) in [4.78, 5) is 26.3. The Labute approximate surface area is 141 Å². The summed E-state index contributed by atoms with van der Waals surface area (Å²) in [6, 6.07) is 9.63. The van der Waals surface area contributed by atoms with Gasteiger partial charge in [-0.3, -0.25) is 9.48 Å². The van der Waals surface area contributed by atoms with Crippen LogP contribution in [0.25, 0.3) is 0 Å². The van der Waals surface area contributed by atoms with Crippen molar-refractivity contribution in [2.45, 2.75) is 39.3 Å². The third-order valence-electron chi connectivity index (χ3n) is 4.15. The van der Waals surface area contributed by atoms with Gasteiger partial charge in [0.2, 0.25) is 0 Å². The van der Waals surface area contributed by atoms with Crippen LogP contribution in [0.1, 0.15) is 42.9 Å². The van der Waals surface area contributed by atoms with Crippen LogP contribution in [0.4, 0.5) is 5.69 Å². The van der Waals surface area contributed by atoms with Gasteiger partial charge in [-0.2, -0.15) is 5.10 Å². The van der Waals surface area contributed by atoms with Gasteiger partial charge < -0.3 is 9.64 Å². The van der Waals surface area contributed by atoms with Crippen molar-refractivity contribution < 1.29 is 14.3 Å². The van der Waals surface area contributed by atoms with E-state index in [9.17, 15) is 9.59 Å².